The van der Waals surface area contributed by atoms with Gasteiger partial charge in [0.1, 0.15) is 17.8 Å². The van der Waals surface area contributed by atoms with Crippen molar-refractivity contribution in [3.05, 3.63) is 59.2 Å². The highest BCUT2D eigenvalue weighted by atomic mass is 16.5. The maximum Gasteiger partial charge on any atom is 0.120 e. The second-order valence-corrected chi connectivity index (χ2v) is 6.68. The molecule has 3 nitrogen and oxygen atoms in total. The van der Waals surface area contributed by atoms with Crippen LogP contribution in [0.3, 0.4) is 0 Å². The van der Waals surface area contributed by atoms with E-state index in [1.165, 1.54) is 16.7 Å². The van der Waals surface area contributed by atoms with Crippen LogP contribution in [0.2, 0.25) is 0 Å². The number of ether oxygens (including phenoxy) is 2. The van der Waals surface area contributed by atoms with Crippen molar-refractivity contribution in [1.82, 2.24) is 0 Å². The van der Waals surface area contributed by atoms with E-state index in [4.69, 9.17) is 9.47 Å². The van der Waals surface area contributed by atoms with Gasteiger partial charge in [-0.1, -0.05) is 25.1 Å². The Morgan fingerprint density at radius 3 is 2.38 bits per heavy atom. The van der Waals surface area contributed by atoms with E-state index in [1.807, 2.05) is 18.2 Å². The van der Waals surface area contributed by atoms with Crippen LogP contribution in [-0.2, 0) is 16.6 Å². The molecule has 0 aromatic heterocycles. The first kappa shape index (κ1) is 16.6. The average Bonchev–Trinajstić information content (AvgIpc) is 2.91. The highest BCUT2D eigenvalue weighted by Crippen LogP contribution is 2.51. The summed E-state index contributed by atoms with van der Waals surface area (Å²) in [6.07, 6.45) is 3.43. The summed E-state index contributed by atoms with van der Waals surface area (Å²) in [5.74, 6) is 2.09. The first-order chi connectivity index (χ1) is 11.6. The molecule has 0 heterocycles. The number of methoxy groups -OCH3 is 2. The summed E-state index contributed by atoms with van der Waals surface area (Å²) in [4.78, 5) is 11.0. The molecule has 2 unspecified atom stereocenters. The van der Waals surface area contributed by atoms with Crippen molar-refractivity contribution in [3.63, 3.8) is 0 Å². The molecule has 3 rings (SSSR count). The van der Waals surface area contributed by atoms with Crippen LogP contribution in [-0.4, -0.2) is 20.5 Å². The van der Waals surface area contributed by atoms with Crippen LogP contribution in [0.1, 0.15) is 42.4 Å². The fourth-order valence-corrected chi connectivity index (χ4v) is 4.05. The van der Waals surface area contributed by atoms with Gasteiger partial charge in [-0.15, -0.1) is 0 Å². The zero-order valence-corrected chi connectivity index (χ0v) is 14.5. The molecule has 2 aromatic carbocycles. The predicted octanol–water partition coefficient (Wildman–Crippen LogP) is 4.28. The zero-order chi connectivity index (χ0) is 17.2. The van der Waals surface area contributed by atoms with Gasteiger partial charge in [-0.25, -0.2) is 0 Å². The number of rotatable bonds is 6. The van der Waals surface area contributed by atoms with Gasteiger partial charge in [-0.3, -0.25) is 0 Å². The Morgan fingerprint density at radius 2 is 1.75 bits per heavy atom. The van der Waals surface area contributed by atoms with Gasteiger partial charge in [-0.2, -0.15) is 0 Å². The fraction of sp³-hybridized carbons (Fsp3) is 0.381. The first-order valence-corrected chi connectivity index (χ1v) is 8.37. The van der Waals surface area contributed by atoms with Gasteiger partial charge in [0, 0.05) is 11.8 Å². The molecular formula is C21H24O3. The summed E-state index contributed by atoms with van der Waals surface area (Å²) < 4.78 is 10.7. The minimum Gasteiger partial charge on any atom is -0.497 e. The molecule has 0 amide bonds. The largest absolute Gasteiger partial charge is 0.497 e. The molecule has 0 aliphatic heterocycles. The smallest absolute Gasteiger partial charge is 0.120 e. The van der Waals surface area contributed by atoms with Crippen LogP contribution in [0.25, 0.3) is 0 Å². The lowest BCUT2D eigenvalue weighted by Gasteiger charge is -2.33. The van der Waals surface area contributed by atoms with Gasteiger partial charge in [0.25, 0.3) is 0 Å². The van der Waals surface area contributed by atoms with Crippen molar-refractivity contribution in [2.45, 2.75) is 37.5 Å². The van der Waals surface area contributed by atoms with E-state index in [1.54, 1.807) is 14.2 Å². The summed E-state index contributed by atoms with van der Waals surface area (Å²) in [7, 11) is 3.38. The minimum atomic E-state index is -0.0238. The molecule has 0 N–H and O–H groups in total. The topological polar surface area (TPSA) is 35.5 Å². The van der Waals surface area contributed by atoms with Crippen LogP contribution in [0, 0.1) is 0 Å². The van der Waals surface area contributed by atoms with Crippen LogP contribution >= 0.6 is 0 Å². The standard InChI is InChI=1S/C21H24O3/c1-21(16-6-8-17(23-2)9-7-16)14-15-13-18(24-3)10-11-19(15)20(21)5-4-12-22/h6-13,20H,4-5,14H2,1-3H3. The van der Waals surface area contributed by atoms with Crippen molar-refractivity contribution in [1.29, 1.82) is 0 Å². The van der Waals surface area contributed by atoms with Crippen molar-refractivity contribution in [2.24, 2.45) is 0 Å². The van der Waals surface area contributed by atoms with Crippen molar-refractivity contribution in [2.75, 3.05) is 14.2 Å². The van der Waals surface area contributed by atoms with Gasteiger partial charge in [0.2, 0.25) is 0 Å². The maximum atomic E-state index is 11.0. The normalized spacial score (nSPS) is 22.0. The molecular weight excluding hydrogens is 300 g/mol. The van der Waals surface area contributed by atoms with E-state index >= 15 is 0 Å². The molecule has 24 heavy (non-hydrogen) atoms. The Morgan fingerprint density at radius 1 is 1.08 bits per heavy atom. The van der Waals surface area contributed by atoms with E-state index in [9.17, 15) is 4.79 Å². The van der Waals surface area contributed by atoms with Crippen LogP contribution in [0.4, 0.5) is 0 Å². The lowest BCUT2D eigenvalue weighted by atomic mass is 9.71. The third-order valence-corrected chi connectivity index (χ3v) is 5.38. The second-order valence-electron chi connectivity index (χ2n) is 6.68. The summed E-state index contributed by atoms with van der Waals surface area (Å²) in [6, 6.07) is 14.6. The average molecular weight is 324 g/mol. The number of carbonyl (C=O) groups is 1. The molecule has 0 saturated carbocycles. The van der Waals surface area contributed by atoms with Crippen molar-refractivity contribution >= 4 is 6.29 Å². The summed E-state index contributed by atoms with van der Waals surface area (Å²) in [6.45, 7) is 2.30. The molecule has 0 saturated heterocycles. The predicted molar refractivity (Wildman–Crippen MR) is 95.1 cm³/mol. The number of hydrogen-bond acceptors (Lipinski definition) is 3. The quantitative estimate of drug-likeness (QED) is 0.744. The third kappa shape index (κ3) is 2.79. The lowest BCUT2D eigenvalue weighted by Crippen LogP contribution is -2.27. The van der Waals surface area contributed by atoms with Crippen molar-refractivity contribution < 1.29 is 14.3 Å². The van der Waals surface area contributed by atoms with E-state index in [-0.39, 0.29) is 5.41 Å². The first-order valence-electron chi connectivity index (χ1n) is 8.37. The summed E-state index contributed by atoms with van der Waals surface area (Å²) in [5, 5.41) is 0. The number of carbonyl (C=O) groups excluding carboxylic acids is 1. The van der Waals surface area contributed by atoms with Gasteiger partial charge in [-0.05, 0) is 59.7 Å². The number of fused-ring (bicyclic) bond motifs is 1. The molecule has 3 heteroatoms. The molecule has 2 aromatic rings. The molecule has 0 radical (unpaired) electrons. The van der Waals surface area contributed by atoms with Gasteiger partial charge in [0.15, 0.2) is 0 Å². The van der Waals surface area contributed by atoms with Gasteiger partial charge >= 0.3 is 0 Å². The Bertz CT molecular complexity index is 720. The number of aldehydes is 1. The lowest BCUT2D eigenvalue weighted by molar-refractivity contribution is -0.108. The Balaban J connectivity index is 2.02. The Hall–Kier alpha value is -2.29. The molecule has 2 atom stereocenters. The van der Waals surface area contributed by atoms with Gasteiger partial charge in [0.05, 0.1) is 14.2 Å². The van der Waals surface area contributed by atoms with Crippen LogP contribution in [0.15, 0.2) is 42.5 Å². The molecule has 0 fully saturated rings. The SMILES string of the molecule is COc1ccc(C2(C)Cc3cc(OC)ccc3C2CCC=O)cc1. The minimum absolute atomic E-state index is 0.0238. The van der Waals surface area contributed by atoms with E-state index < -0.39 is 0 Å². The molecule has 0 spiro atoms. The number of hydrogen-bond donors (Lipinski definition) is 0. The van der Waals surface area contributed by atoms with E-state index in [2.05, 4.69) is 31.2 Å². The second kappa shape index (κ2) is 6.68. The summed E-state index contributed by atoms with van der Waals surface area (Å²) in [5.41, 5.74) is 3.93. The highest BCUT2D eigenvalue weighted by Gasteiger charge is 2.43. The maximum absolute atomic E-state index is 11.0. The Labute approximate surface area is 143 Å². The van der Waals surface area contributed by atoms with Crippen molar-refractivity contribution in [3.8, 4) is 11.5 Å². The molecule has 1 aliphatic carbocycles. The monoisotopic (exact) mass is 324 g/mol. The molecule has 126 valence electrons. The zero-order valence-electron chi connectivity index (χ0n) is 14.5. The molecule has 1 aliphatic rings. The van der Waals surface area contributed by atoms with Crippen LogP contribution < -0.4 is 9.47 Å². The fourth-order valence-electron chi connectivity index (χ4n) is 4.05. The summed E-state index contributed by atoms with van der Waals surface area (Å²) >= 11 is 0. The van der Waals surface area contributed by atoms with Gasteiger partial charge < -0.3 is 14.3 Å². The highest BCUT2D eigenvalue weighted by molar-refractivity contribution is 5.52. The third-order valence-electron chi connectivity index (χ3n) is 5.38. The van der Waals surface area contributed by atoms with E-state index in [0.29, 0.717) is 12.3 Å². The molecule has 0 bridgehead atoms. The number of benzene rings is 2. The Kier molecular flexibility index (Phi) is 4.61. The van der Waals surface area contributed by atoms with Crippen LogP contribution in [0.5, 0.6) is 11.5 Å². The van der Waals surface area contributed by atoms with E-state index in [0.717, 1.165) is 30.6 Å².